The number of carbonyl (C=O) groups is 2. The number of hydrogen-bond donors (Lipinski definition) is 0. The van der Waals surface area contributed by atoms with E-state index in [1.165, 1.54) is 0 Å². The van der Waals surface area contributed by atoms with Gasteiger partial charge in [-0.15, -0.1) is 0 Å². The van der Waals surface area contributed by atoms with Gasteiger partial charge in [-0.2, -0.15) is 0 Å². The lowest BCUT2D eigenvalue weighted by Gasteiger charge is -2.21. The third-order valence-electron chi connectivity index (χ3n) is 4.78. The second-order valence-corrected chi connectivity index (χ2v) is 7.82. The molecule has 0 spiro atoms. The first-order valence-electron chi connectivity index (χ1n) is 8.93. The third kappa shape index (κ3) is 6.55. The van der Waals surface area contributed by atoms with Crippen molar-refractivity contribution in [1.29, 1.82) is 0 Å². The second kappa shape index (κ2) is 10.2. The van der Waals surface area contributed by atoms with Crippen molar-refractivity contribution in [3.8, 4) is 0 Å². The van der Waals surface area contributed by atoms with Crippen molar-refractivity contribution in [1.82, 2.24) is 0 Å². The summed E-state index contributed by atoms with van der Waals surface area (Å²) in [5.74, 6) is -0.111. The minimum atomic E-state index is -0.0704. The third-order valence-corrected chi connectivity index (χ3v) is 5.59. The highest BCUT2D eigenvalue weighted by Gasteiger charge is 2.25. The molecule has 2 unspecified atom stereocenters. The van der Waals surface area contributed by atoms with Gasteiger partial charge in [0.25, 0.3) is 0 Å². The zero-order valence-corrected chi connectivity index (χ0v) is 15.7. The molecule has 2 aliphatic rings. The molecule has 2 fully saturated rings. The van der Waals surface area contributed by atoms with Crippen molar-refractivity contribution < 1.29 is 19.1 Å². The van der Waals surface area contributed by atoms with E-state index in [2.05, 4.69) is 0 Å². The molecule has 4 nitrogen and oxygen atoms in total. The van der Waals surface area contributed by atoms with Crippen LogP contribution in [0.15, 0.2) is 0 Å². The molecule has 24 heavy (non-hydrogen) atoms. The van der Waals surface area contributed by atoms with Gasteiger partial charge in [0.05, 0.1) is 25.0 Å². The van der Waals surface area contributed by atoms with Crippen LogP contribution in [-0.4, -0.2) is 34.9 Å². The molecule has 0 radical (unpaired) electrons. The quantitative estimate of drug-likeness (QED) is 0.452. The van der Waals surface area contributed by atoms with Crippen LogP contribution in [-0.2, 0) is 19.1 Å². The van der Waals surface area contributed by atoms with Crippen LogP contribution in [0.1, 0.15) is 64.2 Å². The first kappa shape index (κ1) is 19.4. The zero-order chi connectivity index (χ0) is 17.4. The lowest BCUT2D eigenvalue weighted by molar-refractivity contribution is -0.153. The monoisotopic (exact) mass is 370 g/mol. The van der Waals surface area contributed by atoms with E-state index in [-0.39, 0.29) is 23.8 Å². The van der Waals surface area contributed by atoms with Crippen LogP contribution in [0.3, 0.4) is 0 Å². The van der Waals surface area contributed by atoms with Gasteiger partial charge in [-0.3, -0.25) is 9.59 Å². The predicted molar refractivity (Wildman–Crippen MR) is 100 cm³/mol. The summed E-state index contributed by atoms with van der Waals surface area (Å²) in [4.78, 5) is 25.2. The molecular weight excluding hydrogens is 344 g/mol. The summed E-state index contributed by atoms with van der Waals surface area (Å²) in [5.41, 5.74) is 0. The molecular formula is C18H26O4S2. The zero-order valence-electron chi connectivity index (χ0n) is 14.1. The lowest BCUT2D eigenvalue weighted by atomic mass is 9.93. The van der Waals surface area contributed by atoms with Gasteiger partial charge in [-0.1, -0.05) is 24.4 Å². The van der Waals surface area contributed by atoms with E-state index < -0.39 is 0 Å². The average Bonchev–Trinajstić information content (AvgIpc) is 2.58. The van der Waals surface area contributed by atoms with Crippen LogP contribution in [0.2, 0.25) is 0 Å². The van der Waals surface area contributed by atoms with Crippen LogP contribution in [0.5, 0.6) is 0 Å². The minimum absolute atomic E-state index is 0.0148. The van der Waals surface area contributed by atoms with Crippen LogP contribution in [0.4, 0.5) is 0 Å². The Hall–Kier alpha value is -0.880. The fourth-order valence-corrected chi connectivity index (χ4v) is 3.64. The van der Waals surface area contributed by atoms with Crippen molar-refractivity contribution in [2.45, 2.75) is 64.2 Å². The van der Waals surface area contributed by atoms with Crippen LogP contribution in [0, 0.1) is 11.8 Å². The maximum Gasteiger partial charge on any atom is 0.308 e. The summed E-state index contributed by atoms with van der Waals surface area (Å²) in [6.45, 7) is 1.12. The van der Waals surface area contributed by atoms with Crippen LogP contribution in [0.25, 0.3) is 0 Å². The molecule has 6 heteroatoms. The highest BCUT2D eigenvalue weighted by Crippen LogP contribution is 2.23. The standard InChI is InChI=1S/C18H26O4S2/c19-17-13(3-1-11-21-17)5-7-15(23)9-10-16(24)8-6-14-4-2-12-22-18(14)20/h13-14H,1-12H2. The first-order valence-corrected chi connectivity index (χ1v) is 9.74. The Bertz CT molecular complexity index is 445. The van der Waals surface area contributed by atoms with E-state index in [1.54, 1.807) is 0 Å². The van der Waals surface area contributed by atoms with Gasteiger partial charge in [0.1, 0.15) is 0 Å². The molecule has 2 atom stereocenters. The number of hydrogen-bond acceptors (Lipinski definition) is 6. The maximum atomic E-state index is 11.6. The molecule has 0 aromatic carbocycles. The molecule has 0 amide bonds. The summed E-state index contributed by atoms with van der Waals surface area (Å²) in [7, 11) is 0. The van der Waals surface area contributed by atoms with Crippen molar-refractivity contribution in [2.75, 3.05) is 13.2 Å². The molecule has 0 bridgehead atoms. The molecule has 2 aliphatic heterocycles. The van der Waals surface area contributed by atoms with Gasteiger partial charge >= 0.3 is 11.9 Å². The average molecular weight is 371 g/mol. The summed E-state index contributed by atoms with van der Waals surface area (Å²) in [6, 6.07) is 0. The minimum Gasteiger partial charge on any atom is -0.465 e. The van der Waals surface area contributed by atoms with Gasteiger partial charge in [-0.25, -0.2) is 0 Å². The number of thiocarbonyl (C=S) groups is 2. The van der Waals surface area contributed by atoms with Gasteiger partial charge in [0, 0.05) is 0 Å². The SMILES string of the molecule is O=C1OCCCC1CCC(=S)CCC(=S)CCC1CCCOC1=O. The highest BCUT2D eigenvalue weighted by atomic mass is 32.1. The Balaban J connectivity index is 1.58. The number of carbonyl (C=O) groups excluding carboxylic acids is 2. The fourth-order valence-electron chi connectivity index (χ4n) is 3.20. The molecule has 0 saturated carbocycles. The van der Waals surface area contributed by atoms with Crippen molar-refractivity contribution >= 4 is 46.1 Å². The fraction of sp³-hybridized carbons (Fsp3) is 0.778. The summed E-state index contributed by atoms with van der Waals surface area (Å²) in [5, 5.41) is 0. The number of ether oxygens (including phenoxy) is 2. The van der Waals surface area contributed by atoms with Crippen molar-refractivity contribution in [3.05, 3.63) is 0 Å². The lowest BCUT2D eigenvalue weighted by Crippen LogP contribution is -2.24. The molecule has 2 saturated heterocycles. The first-order chi connectivity index (χ1) is 11.6. The van der Waals surface area contributed by atoms with Gasteiger partial charge < -0.3 is 9.47 Å². The number of cyclic esters (lactones) is 2. The Kier molecular flexibility index (Phi) is 8.25. The summed E-state index contributed by atoms with van der Waals surface area (Å²) < 4.78 is 10.2. The van der Waals surface area contributed by atoms with E-state index in [0.29, 0.717) is 13.2 Å². The molecule has 2 rings (SSSR count). The smallest absolute Gasteiger partial charge is 0.308 e. The van der Waals surface area contributed by atoms with Gasteiger partial charge in [0.2, 0.25) is 0 Å². The van der Waals surface area contributed by atoms with E-state index >= 15 is 0 Å². The molecule has 0 N–H and O–H groups in total. The van der Waals surface area contributed by atoms with Crippen molar-refractivity contribution in [2.24, 2.45) is 11.8 Å². The Labute approximate surface area is 154 Å². The van der Waals surface area contributed by atoms with E-state index in [4.69, 9.17) is 33.9 Å². The molecule has 2 heterocycles. The summed E-state index contributed by atoms with van der Waals surface area (Å²) >= 11 is 10.8. The Morgan fingerprint density at radius 1 is 0.792 bits per heavy atom. The molecule has 134 valence electrons. The van der Waals surface area contributed by atoms with Crippen LogP contribution >= 0.6 is 24.4 Å². The van der Waals surface area contributed by atoms with Gasteiger partial charge in [-0.05, 0) is 73.9 Å². The Morgan fingerprint density at radius 2 is 1.21 bits per heavy atom. The predicted octanol–water partition coefficient (Wildman–Crippen LogP) is 3.97. The van der Waals surface area contributed by atoms with Crippen molar-refractivity contribution in [3.63, 3.8) is 0 Å². The van der Waals surface area contributed by atoms with Crippen LogP contribution < -0.4 is 0 Å². The van der Waals surface area contributed by atoms with E-state index in [1.807, 2.05) is 0 Å². The molecule has 0 aliphatic carbocycles. The van der Waals surface area contributed by atoms with Gasteiger partial charge in [0.15, 0.2) is 0 Å². The summed E-state index contributed by atoms with van der Waals surface area (Å²) in [6.07, 6.45) is 8.48. The number of rotatable bonds is 9. The molecule has 0 aromatic rings. The molecule has 0 aromatic heterocycles. The largest absolute Gasteiger partial charge is 0.465 e. The van der Waals surface area contributed by atoms with E-state index in [9.17, 15) is 9.59 Å². The normalized spacial score (nSPS) is 24.2. The maximum absolute atomic E-state index is 11.6. The number of esters is 2. The topological polar surface area (TPSA) is 52.6 Å². The Morgan fingerprint density at radius 3 is 1.58 bits per heavy atom. The second-order valence-electron chi connectivity index (χ2n) is 6.67. The highest BCUT2D eigenvalue weighted by molar-refractivity contribution is 7.80. The van der Waals surface area contributed by atoms with E-state index in [0.717, 1.165) is 73.9 Å².